The maximum atomic E-state index is 11.5. The van der Waals surface area contributed by atoms with E-state index in [4.69, 9.17) is 0 Å². The SMILES string of the molecule is CCCCCCCCCCCCCCCC(=O)CC(O)CBr. The summed E-state index contributed by atoms with van der Waals surface area (Å²) in [5.41, 5.74) is 0. The predicted octanol–water partition coefficient (Wildman–Crippen LogP) is 6.18. The standard InChI is InChI=1S/C19H37BrO2/c1-2-3-4-5-6-7-8-9-10-11-12-13-14-15-18(21)16-19(22)17-20/h19,22H,2-17H2,1H3. The second kappa shape index (κ2) is 17.5. The minimum Gasteiger partial charge on any atom is -0.392 e. The van der Waals surface area contributed by atoms with E-state index in [-0.39, 0.29) is 5.78 Å². The van der Waals surface area contributed by atoms with E-state index in [0.717, 1.165) is 12.8 Å². The van der Waals surface area contributed by atoms with Gasteiger partial charge in [0, 0.05) is 18.2 Å². The normalized spacial score (nSPS) is 12.5. The molecular formula is C19H37BrO2. The molecular weight excluding hydrogens is 340 g/mol. The fraction of sp³-hybridized carbons (Fsp3) is 0.947. The number of carbonyl (C=O) groups excluding carboxylic acids is 1. The van der Waals surface area contributed by atoms with E-state index in [1.54, 1.807) is 0 Å². The second-order valence-electron chi connectivity index (χ2n) is 6.54. The molecule has 1 unspecified atom stereocenters. The van der Waals surface area contributed by atoms with Crippen molar-refractivity contribution in [1.82, 2.24) is 0 Å². The number of halogens is 1. The number of ketones is 1. The summed E-state index contributed by atoms with van der Waals surface area (Å²) >= 11 is 3.18. The Balaban J connectivity index is 3.12. The second-order valence-corrected chi connectivity index (χ2v) is 7.19. The van der Waals surface area contributed by atoms with Crippen LogP contribution in [-0.2, 0) is 4.79 Å². The Bertz CT molecular complexity index is 244. The van der Waals surface area contributed by atoms with Gasteiger partial charge in [0.1, 0.15) is 5.78 Å². The highest BCUT2D eigenvalue weighted by Crippen LogP contribution is 2.13. The monoisotopic (exact) mass is 376 g/mol. The lowest BCUT2D eigenvalue weighted by Crippen LogP contribution is -2.14. The van der Waals surface area contributed by atoms with Gasteiger partial charge in [0.2, 0.25) is 0 Å². The van der Waals surface area contributed by atoms with E-state index in [1.807, 2.05) is 0 Å². The fourth-order valence-electron chi connectivity index (χ4n) is 2.76. The Hall–Kier alpha value is 0.110. The Labute approximate surface area is 146 Å². The number of unbranched alkanes of at least 4 members (excludes halogenated alkanes) is 12. The fourth-order valence-corrected chi connectivity index (χ4v) is 2.99. The zero-order valence-corrected chi connectivity index (χ0v) is 16.2. The van der Waals surface area contributed by atoms with Gasteiger partial charge < -0.3 is 5.11 Å². The van der Waals surface area contributed by atoms with Crippen LogP contribution in [-0.4, -0.2) is 22.3 Å². The van der Waals surface area contributed by atoms with Crippen LogP contribution in [0.15, 0.2) is 0 Å². The molecule has 0 amide bonds. The molecule has 2 nitrogen and oxygen atoms in total. The zero-order chi connectivity index (χ0) is 16.5. The number of aliphatic hydroxyl groups is 1. The number of Topliss-reactive ketones (excluding diaryl/α,β-unsaturated/α-hetero) is 1. The Morgan fingerprint density at radius 2 is 1.23 bits per heavy atom. The third-order valence-electron chi connectivity index (χ3n) is 4.20. The number of hydrogen-bond donors (Lipinski definition) is 1. The molecule has 0 heterocycles. The van der Waals surface area contributed by atoms with Crippen molar-refractivity contribution in [3.8, 4) is 0 Å². The minimum atomic E-state index is -0.505. The van der Waals surface area contributed by atoms with Gasteiger partial charge in [0.15, 0.2) is 0 Å². The van der Waals surface area contributed by atoms with E-state index in [0.29, 0.717) is 18.2 Å². The van der Waals surface area contributed by atoms with Crippen molar-refractivity contribution in [2.75, 3.05) is 5.33 Å². The average molecular weight is 377 g/mol. The topological polar surface area (TPSA) is 37.3 Å². The van der Waals surface area contributed by atoms with Crippen LogP contribution in [0.1, 0.15) is 103 Å². The molecule has 0 saturated carbocycles. The van der Waals surface area contributed by atoms with Crippen LogP contribution >= 0.6 is 15.9 Å². The largest absolute Gasteiger partial charge is 0.392 e. The van der Waals surface area contributed by atoms with Crippen LogP contribution in [0, 0.1) is 0 Å². The Kier molecular flexibility index (Phi) is 17.6. The minimum absolute atomic E-state index is 0.204. The zero-order valence-electron chi connectivity index (χ0n) is 14.6. The summed E-state index contributed by atoms with van der Waals surface area (Å²) in [6.45, 7) is 2.27. The van der Waals surface area contributed by atoms with E-state index in [2.05, 4.69) is 22.9 Å². The van der Waals surface area contributed by atoms with Crippen LogP contribution in [0.2, 0.25) is 0 Å². The van der Waals surface area contributed by atoms with E-state index in [1.165, 1.54) is 70.6 Å². The van der Waals surface area contributed by atoms with Crippen molar-refractivity contribution in [1.29, 1.82) is 0 Å². The van der Waals surface area contributed by atoms with E-state index in [9.17, 15) is 9.90 Å². The quantitative estimate of drug-likeness (QED) is 0.243. The molecule has 0 bridgehead atoms. The number of hydrogen-bond acceptors (Lipinski definition) is 2. The van der Waals surface area contributed by atoms with E-state index >= 15 is 0 Å². The van der Waals surface area contributed by atoms with Gasteiger partial charge >= 0.3 is 0 Å². The highest BCUT2D eigenvalue weighted by Gasteiger charge is 2.08. The number of rotatable bonds is 17. The molecule has 0 saturated heterocycles. The van der Waals surface area contributed by atoms with Crippen LogP contribution in [0.5, 0.6) is 0 Å². The van der Waals surface area contributed by atoms with Crippen molar-refractivity contribution in [3.05, 3.63) is 0 Å². The molecule has 0 aromatic heterocycles. The van der Waals surface area contributed by atoms with Gasteiger partial charge in [-0.05, 0) is 6.42 Å². The first-order valence-electron chi connectivity index (χ1n) is 9.46. The van der Waals surface area contributed by atoms with Gasteiger partial charge in [-0.3, -0.25) is 4.79 Å². The lowest BCUT2D eigenvalue weighted by Gasteiger charge is -2.05. The molecule has 1 N–H and O–H groups in total. The highest BCUT2D eigenvalue weighted by atomic mass is 79.9. The molecule has 0 aromatic rings. The van der Waals surface area contributed by atoms with Crippen molar-refractivity contribution >= 4 is 21.7 Å². The van der Waals surface area contributed by atoms with Gasteiger partial charge in [0.05, 0.1) is 6.10 Å². The maximum absolute atomic E-state index is 11.5. The number of alkyl halides is 1. The van der Waals surface area contributed by atoms with Crippen molar-refractivity contribution in [2.24, 2.45) is 0 Å². The third kappa shape index (κ3) is 16.5. The summed E-state index contributed by atoms with van der Waals surface area (Å²) in [5.74, 6) is 0.204. The number of carbonyl (C=O) groups is 1. The van der Waals surface area contributed by atoms with Gasteiger partial charge in [-0.2, -0.15) is 0 Å². The summed E-state index contributed by atoms with van der Waals surface area (Å²) in [6, 6.07) is 0. The van der Waals surface area contributed by atoms with E-state index < -0.39 is 6.10 Å². The molecule has 0 spiro atoms. The van der Waals surface area contributed by atoms with Crippen LogP contribution in [0.25, 0.3) is 0 Å². The average Bonchev–Trinajstić information content (AvgIpc) is 2.51. The maximum Gasteiger partial charge on any atom is 0.135 e. The molecule has 3 heteroatoms. The molecule has 1 atom stereocenters. The summed E-state index contributed by atoms with van der Waals surface area (Å²) in [7, 11) is 0. The summed E-state index contributed by atoms with van der Waals surface area (Å²) in [6.07, 6.45) is 17.7. The van der Waals surface area contributed by atoms with Crippen LogP contribution < -0.4 is 0 Å². The van der Waals surface area contributed by atoms with Gasteiger partial charge in [-0.15, -0.1) is 0 Å². The summed E-state index contributed by atoms with van der Waals surface area (Å²) < 4.78 is 0. The van der Waals surface area contributed by atoms with Gasteiger partial charge in [-0.25, -0.2) is 0 Å². The molecule has 22 heavy (non-hydrogen) atoms. The van der Waals surface area contributed by atoms with Crippen molar-refractivity contribution in [2.45, 2.75) is 109 Å². The summed E-state index contributed by atoms with van der Waals surface area (Å²) in [4.78, 5) is 11.5. The lowest BCUT2D eigenvalue weighted by molar-refractivity contribution is -0.120. The number of aliphatic hydroxyl groups excluding tert-OH is 1. The first-order chi connectivity index (χ1) is 10.7. The molecule has 0 aliphatic heterocycles. The third-order valence-corrected chi connectivity index (χ3v) is 4.95. The van der Waals surface area contributed by atoms with Gasteiger partial charge in [0.25, 0.3) is 0 Å². The molecule has 0 aromatic carbocycles. The lowest BCUT2D eigenvalue weighted by atomic mass is 10.0. The van der Waals surface area contributed by atoms with Gasteiger partial charge in [-0.1, -0.05) is 99.9 Å². The van der Waals surface area contributed by atoms with Crippen LogP contribution in [0.4, 0.5) is 0 Å². The molecule has 0 fully saturated rings. The Morgan fingerprint density at radius 1 is 0.818 bits per heavy atom. The molecule has 0 radical (unpaired) electrons. The first-order valence-corrected chi connectivity index (χ1v) is 10.6. The van der Waals surface area contributed by atoms with Crippen molar-refractivity contribution < 1.29 is 9.90 Å². The first kappa shape index (κ1) is 22.1. The summed E-state index contributed by atoms with van der Waals surface area (Å²) in [5, 5.41) is 9.86. The highest BCUT2D eigenvalue weighted by molar-refractivity contribution is 9.09. The molecule has 0 aliphatic rings. The molecule has 132 valence electrons. The van der Waals surface area contributed by atoms with Crippen LogP contribution in [0.3, 0.4) is 0 Å². The molecule has 0 rings (SSSR count). The van der Waals surface area contributed by atoms with Crippen molar-refractivity contribution in [3.63, 3.8) is 0 Å². The smallest absolute Gasteiger partial charge is 0.135 e. The molecule has 0 aliphatic carbocycles. The Morgan fingerprint density at radius 3 is 1.64 bits per heavy atom. The predicted molar refractivity (Wildman–Crippen MR) is 99.7 cm³/mol.